The van der Waals surface area contributed by atoms with E-state index >= 15 is 0 Å². The summed E-state index contributed by atoms with van der Waals surface area (Å²) in [6, 6.07) is 5.09. The minimum Gasteiger partial charge on any atom is -0.383 e. The van der Waals surface area contributed by atoms with Crippen LogP contribution < -0.4 is 0 Å². The van der Waals surface area contributed by atoms with Gasteiger partial charge in [-0.3, -0.25) is 0 Å². The van der Waals surface area contributed by atoms with Gasteiger partial charge in [0.25, 0.3) is 0 Å². The molecule has 0 amide bonds. The van der Waals surface area contributed by atoms with Gasteiger partial charge in [-0.1, -0.05) is 12.1 Å². The lowest BCUT2D eigenvalue weighted by Gasteiger charge is -2.20. The summed E-state index contributed by atoms with van der Waals surface area (Å²) < 4.78 is 44.4. The van der Waals surface area contributed by atoms with Crippen molar-refractivity contribution in [2.75, 3.05) is 26.8 Å². The molecule has 20 heavy (non-hydrogen) atoms. The van der Waals surface area contributed by atoms with Crippen LogP contribution in [0.2, 0.25) is 0 Å². The number of hydrogen-bond acceptors (Lipinski definition) is 4. The standard InChI is InChI=1S/C13H15FN2O3S/c1-3-7-16(8-9-19-2)20(17,18)13-6-4-5-12(14)11(13)10-15/h3-6H,1,7-9H2,2H3. The zero-order chi connectivity index (χ0) is 15.2. The van der Waals surface area contributed by atoms with Crippen molar-refractivity contribution >= 4 is 10.0 Å². The van der Waals surface area contributed by atoms with Gasteiger partial charge in [0.15, 0.2) is 0 Å². The zero-order valence-electron chi connectivity index (χ0n) is 11.0. The van der Waals surface area contributed by atoms with Crippen molar-refractivity contribution in [1.29, 1.82) is 5.26 Å². The van der Waals surface area contributed by atoms with Crippen LogP contribution in [0, 0.1) is 17.1 Å². The molecule has 0 saturated carbocycles. The van der Waals surface area contributed by atoms with E-state index in [4.69, 9.17) is 10.00 Å². The largest absolute Gasteiger partial charge is 0.383 e. The number of nitrogens with zero attached hydrogens (tertiary/aromatic N) is 2. The molecule has 7 heteroatoms. The maximum atomic E-state index is 13.5. The van der Waals surface area contributed by atoms with Gasteiger partial charge in [-0.25, -0.2) is 12.8 Å². The highest BCUT2D eigenvalue weighted by molar-refractivity contribution is 7.89. The number of nitriles is 1. The highest BCUT2D eigenvalue weighted by Gasteiger charge is 2.27. The lowest BCUT2D eigenvalue weighted by molar-refractivity contribution is 0.182. The predicted molar refractivity (Wildman–Crippen MR) is 71.9 cm³/mol. The Morgan fingerprint density at radius 2 is 2.25 bits per heavy atom. The second-order valence-electron chi connectivity index (χ2n) is 3.87. The van der Waals surface area contributed by atoms with E-state index < -0.39 is 21.4 Å². The normalized spacial score (nSPS) is 11.3. The molecule has 5 nitrogen and oxygen atoms in total. The fourth-order valence-electron chi connectivity index (χ4n) is 1.61. The minimum absolute atomic E-state index is 0.0487. The molecule has 0 bridgehead atoms. The quantitative estimate of drug-likeness (QED) is 0.716. The van der Waals surface area contributed by atoms with Gasteiger partial charge in [0.05, 0.1) is 6.61 Å². The number of ether oxygens (including phenoxy) is 1. The molecule has 0 unspecified atom stereocenters. The maximum Gasteiger partial charge on any atom is 0.244 e. The molecule has 0 heterocycles. The molecule has 1 aromatic rings. The van der Waals surface area contributed by atoms with E-state index in [1.807, 2.05) is 0 Å². The number of hydrogen-bond donors (Lipinski definition) is 0. The predicted octanol–water partition coefficient (Wildman–Crippen LogP) is 1.52. The van der Waals surface area contributed by atoms with Gasteiger partial charge in [0.2, 0.25) is 10.0 Å². The van der Waals surface area contributed by atoms with Crippen molar-refractivity contribution in [1.82, 2.24) is 4.31 Å². The van der Waals surface area contributed by atoms with Crippen LogP contribution in [0.15, 0.2) is 35.7 Å². The summed E-state index contributed by atoms with van der Waals surface area (Å²) in [5.41, 5.74) is -0.487. The summed E-state index contributed by atoms with van der Waals surface area (Å²) in [7, 11) is -2.54. The summed E-state index contributed by atoms with van der Waals surface area (Å²) in [5.74, 6) is -0.862. The first kappa shape index (κ1) is 16.3. The van der Waals surface area contributed by atoms with Crippen LogP contribution >= 0.6 is 0 Å². The molecule has 0 fully saturated rings. The van der Waals surface area contributed by atoms with E-state index in [-0.39, 0.29) is 24.6 Å². The van der Waals surface area contributed by atoms with Crippen molar-refractivity contribution < 1.29 is 17.5 Å². The van der Waals surface area contributed by atoms with Crippen molar-refractivity contribution in [2.24, 2.45) is 0 Å². The van der Waals surface area contributed by atoms with Gasteiger partial charge in [-0.2, -0.15) is 9.57 Å². The number of sulfonamides is 1. The Balaban J connectivity index is 3.30. The summed E-state index contributed by atoms with van der Waals surface area (Å²) in [5, 5.41) is 8.93. The monoisotopic (exact) mass is 298 g/mol. The lowest BCUT2D eigenvalue weighted by atomic mass is 10.2. The van der Waals surface area contributed by atoms with E-state index in [2.05, 4.69) is 6.58 Å². The van der Waals surface area contributed by atoms with Crippen molar-refractivity contribution in [3.63, 3.8) is 0 Å². The third kappa shape index (κ3) is 3.42. The molecule has 1 rings (SSSR count). The number of methoxy groups -OCH3 is 1. The molecular weight excluding hydrogens is 283 g/mol. The smallest absolute Gasteiger partial charge is 0.244 e. The fourth-order valence-corrected chi connectivity index (χ4v) is 3.16. The maximum absolute atomic E-state index is 13.5. The number of benzene rings is 1. The second-order valence-corrected chi connectivity index (χ2v) is 5.78. The third-order valence-corrected chi connectivity index (χ3v) is 4.49. The number of halogens is 1. The first-order valence-corrected chi connectivity index (χ1v) is 7.21. The Kier molecular flexibility index (Phi) is 5.82. The van der Waals surface area contributed by atoms with Crippen LogP contribution in [-0.4, -0.2) is 39.5 Å². The first-order chi connectivity index (χ1) is 9.48. The van der Waals surface area contributed by atoms with Crippen molar-refractivity contribution in [3.05, 3.63) is 42.2 Å². The van der Waals surface area contributed by atoms with Crippen LogP contribution in [0.4, 0.5) is 4.39 Å². The average Bonchev–Trinajstić information content (AvgIpc) is 2.42. The molecule has 0 atom stereocenters. The van der Waals surface area contributed by atoms with E-state index in [1.165, 1.54) is 25.3 Å². The highest BCUT2D eigenvalue weighted by atomic mass is 32.2. The number of rotatable bonds is 7. The zero-order valence-corrected chi connectivity index (χ0v) is 11.9. The molecule has 0 aliphatic carbocycles. The molecule has 1 aromatic carbocycles. The third-order valence-electron chi connectivity index (χ3n) is 2.58. The van der Waals surface area contributed by atoms with E-state index in [0.717, 1.165) is 10.4 Å². The lowest BCUT2D eigenvalue weighted by Crippen LogP contribution is -2.34. The molecule has 108 valence electrons. The average molecular weight is 298 g/mol. The van der Waals surface area contributed by atoms with Gasteiger partial charge in [0.1, 0.15) is 22.3 Å². The van der Waals surface area contributed by atoms with Crippen LogP contribution in [0.5, 0.6) is 0 Å². The Morgan fingerprint density at radius 1 is 1.55 bits per heavy atom. The van der Waals surface area contributed by atoms with Crippen LogP contribution in [0.3, 0.4) is 0 Å². The first-order valence-electron chi connectivity index (χ1n) is 5.77. The van der Waals surface area contributed by atoms with Gasteiger partial charge < -0.3 is 4.74 Å². The Bertz CT molecular complexity index is 623. The summed E-state index contributed by atoms with van der Waals surface area (Å²) in [6.07, 6.45) is 1.42. The van der Waals surface area contributed by atoms with E-state index in [0.29, 0.717) is 0 Å². The molecule has 0 aromatic heterocycles. The van der Waals surface area contributed by atoms with Gasteiger partial charge >= 0.3 is 0 Å². The summed E-state index contributed by atoms with van der Waals surface area (Å²) >= 11 is 0. The topological polar surface area (TPSA) is 70.4 Å². The molecule has 0 aliphatic rings. The van der Waals surface area contributed by atoms with Gasteiger partial charge in [-0.15, -0.1) is 6.58 Å². The second kappa shape index (κ2) is 7.14. The van der Waals surface area contributed by atoms with Crippen molar-refractivity contribution in [2.45, 2.75) is 4.90 Å². The van der Waals surface area contributed by atoms with Crippen molar-refractivity contribution in [3.8, 4) is 6.07 Å². The van der Waals surface area contributed by atoms with Crippen LogP contribution in [0.25, 0.3) is 0 Å². The Labute approximate surface area is 117 Å². The Morgan fingerprint density at radius 3 is 2.80 bits per heavy atom. The van der Waals surface area contributed by atoms with Crippen LogP contribution in [0.1, 0.15) is 5.56 Å². The molecule has 0 saturated heterocycles. The van der Waals surface area contributed by atoms with E-state index in [1.54, 1.807) is 6.07 Å². The molecule has 0 radical (unpaired) electrons. The van der Waals surface area contributed by atoms with Crippen LogP contribution in [-0.2, 0) is 14.8 Å². The molecule has 0 N–H and O–H groups in total. The molecule has 0 spiro atoms. The fraction of sp³-hybridized carbons (Fsp3) is 0.308. The van der Waals surface area contributed by atoms with E-state index in [9.17, 15) is 12.8 Å². The molecule has 0 aliphatic heterocycles. The van der Waals surface area contributed by atoms with Gasteiger partial charge in [0, 0.05) is 20.2 Å². The summed E-state index contributed by atoms with van der Waals surface area (Å²) in [4.78, 5) is -0.349. The summed E-state index contributed by atoms with van der Waals surface area (Å²) in [6.45, 7) is 3.81. The molecular formula is C13H15FN2O3S. The minimum atomic E-state index is -3.98. The highest BCUT2D eigenvalue weighted by Crippen LogP contribution is 2.21. The SMILES string of the molecule is C=CCN(CCOC)S(=O)(=O)c1cccc(F)c1C#N. The van der Waals surface area contributed by atoms with Gasteiger partial charge in [-0.05, 0) is 12.1 Å². The Hall–Kier alpha value is -1.75.